The van der Waals surface area contributed by atoms with Crippen LogP contribution in [0.3, 0.4) is 0 Å². The Morgan fingerprint density at radius 2 is 1.94 bits per heavy atom. The zero-order valence-corrected chi connectivity index (χ0v) is 19.1. The summed E-state index contributed by atoms with van der Waals surface area (Å²) >= 11 is 5.92. The molecule has 0 fully saturated rings. The molecule has 1 aliphatic heterocycles. The van der Waals surface area contributed by atoms with E-state index in [1.807, 2.05) is 0 Å². The summed E-state index contributed by atoms with van der Waals surface area (Å²) in [5.74, 6) is 1.02. The molecule has 0 spiro atoms. The number of benzene rings is 2. The zero-order valence-electron chi connectivity index (χ0n) is 18.3. The Hall–Kier alpha value is -4.61. The fourth-order valence-electron chi connectivity index (χ4n) is 3.36. The van der Waals surface area contributed by atoms with E-state index in [1.165, 1.54) is 18.2 Å². The van der Waals surface area contributed by atoms with Crippen molar-refractivity contribution in [2.45, 2.75) is 6.92 Å². The number of carboxylic acids is 1. The van der Waals surface area contributed by atoms with Crippen molar-refractivity contribution in [3.63, 3.8) is 0 Å². The Morgan fingerprint density at radius 1 is 1.20 bits per heavy atom. The highest BCUT2D eigenvalue weighted by molar-refractivity contribution is 6.34. The number of halogens is 1. The summed E-state index contributed by atoms with van der Waals surface area (Å²) in [7, 11) is 0. The SMILES string of the molecule is C#CCOC(=O)c1ccc(-c2ccc(/C=C3\C(=O)N(c4ccc(Cl)c(C(=O)O)c4)N=C3C)o2)cc1. The molecule has 0 bridgehead atoms. The van der Waals surface area contributed by atoms with Gasteiger partial charge in [0.15, 0.2) is 6.61 Å². The lowest BCUT2D eigenvalue weighted by molar-refractivity contribution is -0.114. The van der Waals surface area contributed by atoms with Crippen molar-refractivity contribution < 1.29 is 28.6 Å². The van der Waals surface area contributed by atoms with Crippen molar-refractivity contribution in [2.75, 3.05) is 11.6 Å². The molecule has 9 heteroatoms. The summed E-state index contributed by atoms with van der Waals surface area (Å²) in [5, 5.41) is 14.7. The highest BCUT2D eigenvalue weighted by Crippen LogP contribution is 2.30. The van der Waals surface area contributed by atoms with Crippen LogP contribution in [0.4, 0.5) is 5.69 Å². The molecule has 0 saturated heterocycles. The van der Waals surface area contributed by atoms with Gasteiger partial charge in [-0.15, -0.1) is 6.42 Å². The molecular weight excluding hydrogens is 472 g/mol. The van der Waals surface area contributed by atoms with Crippen molar-refractivity contribution in [1.82, 2.24) is 0 Å². The van der Waals surface area contributed by atoms with Crippen LogP contribution < -0.4 is 5.01 Å². The summed E-state index contributed by atoms with van der Waals surface area (Å²) in [4.78, 5) is 36.3. The topological polar surface area (TPSA) is 109 Å². The van der Waals surface area contributed by atoms with Crippen molar-refractivity contribution in [3.05, 3.63) is 82.1 Å². The van der Waals surface area contributed by atoms with Crippen LogP contribution in [0.1, 0.15) is 33.4 Å². The average molecular weight is 489 g/mol. The van der Waals surface area contributed by atoms with Crippen LogP contribution in [0.15, 0.2) is 69.7 Å². The number of carboxylic acid groups (broad SMARTS) is 1. The molecule has 2 aromatic carbocycles. The number of hydrogen-bond acceptors (Lipinski definition) is 6. The van der Waals surface area contributed by atoms with Gasteiger partial charge < -0.3 is 14.3 Å². The van der Waals surface area contributed by atoms with Crippen LogP contribution in [0, 0.1) is 12.3 Å². The number of terminal acetylenes is 1. The summed E-state index contributed by atoms with van der Waals surface area (Å²) < 4.78 is 10.8. The number of nitrogens with zero attached hydrogens (tertiary/aromatic N) is 2. The number of hydrogen-bond donors (Lipinski definition) is 1. The maximum absolute atomic E-state index is 13.0. The normalized spacial score (nSPS) is 14.1. The fourth-order valence-corrected chi connectivity index (χ4v) is 3.56. The fraction of sp³-hybridized carbons (Fsp3) is 0.0769. The second-order valence-electron chi connectivity index (χ2n) is 7.39. The van der Waals surface area contributed by atoms with Gasteiger partial charge in [0.25, 0.3) is 5.91 Å². The third-order valence-electron chi connectivity index (χ3n) is 5.09. The van der Waals surface area contributed by atoms with E-state index in [9.17, 15) is 19.5 Å². The first-order chi connectivity index (χ1) is 16.8. The highest BCUT2D eigenvalue weighted by Gasteiger charge is 2.30. The van der Waals surface area contributed by atoms with E-state index in [0.29, 0.717) is 28.4 Å². The number of carbonyl (C=O) groups is 3. The lowest BCUT2D eigenvalue weighted by atomic mass is 10.1. The predicted molar refractivity (Wildman–Crippen MR) is 130 cm³/mol. The molecule has 1 amide bonds. The minimum Gasteiger partial charge on any atom is -0.478 e. The minimum absolute atomic E-state index is 0.0602. The number of amides is 1. The number of carbonyl (C=O) groups excluding carboxylic acids is 2. The van der Waals surface area contributed by atoms with Gasteiger partial charge in [-0.3, -0.25) is 4.79 Å². The van der Waals surface area contributed by atoms with Gasteiger partial charge in [0.2, 0.25) is 0 Å². The van der Waals surface area contributed by atoms with Crippen molar-refractivity contribution >= 4 is 46.9 Å². The zero-order chi connectivity index (χ0) is 25.1. The first-order valence-corrected chi connectivity index (χ1v) is 10.6. The maximum Gasteiger partial charge on any atom is 0.339 e. The van der Waals surface area contributed by atoms with Gasteiger partial charge in [0.1, 0.15) is 11.5 Å². The summed E-state index contributed by atoms with van der Waals surface area (Å²) in [6, 6.07) is 14.3. The standard InChI is InChI=1S/C26H17ClN2O6/c1-3-12-34-26(33)17-6-4-16(5-7-17)23-11-9-19(35-23)14-20-15(2)28-29(24(20)30)18-8-10-22(27)21(13-18)25(31)32/h1,4-11,13-14H,12H2,2H3,(H,31,32)/b20-14-. The average Bonchev–Trinajstić information content (AvgIpc) is 3.43. The van der Waals surface area contributed by atoms with Crippen LogP contribution in [0.25, 0.3) is 17.4 Å². The number of hydrazone groups is 1. The highest BCUT2D eigenvalue weighted by atomic mass is 35.5. The Labute approximate surface area is 205 Å². The van der Waals surface area contributed by atoms with E-state index >= 15 is 0 Å². The molecule has 35 heavy (non-hydrogen) atoms. The largest absolute Gasteiger partial charge is 0.478 e. The van der Waals surface area contributed by atoms with Gasteiger partial charge in [-0.25, -0.2) is 9.59 Å². The van der Waals surface area contributed by atoms with Crippen LogP contribution in [0.2, 0.25) is 5.02 Å². The number of rotatable bonds is 6. The number of furan rings is 1. The molecule has 8 nitrogen and oxygen atoms in total. The molecular formula is C26H17ClN2O6. The van der Waals surface area contributed by atoms with Gasteiger partial charge in [-0.05, 0) is 55.5 Å². The lowest BCUT2D eigenvalue weighted by Crippen LogP contribution is -2.21. The van der Waals surface area contributed by atoms with Gasteiger partial charge in [0, 0.05) is 5.56 Å². The van der Waals surface area contributed by atoms with Crippen LogP contribution in [-0.4, -0.2) is 35.3 Å². The van der Waals surface area contributed by atoms with Gasteiger partial charge in [-0.2, -0.15) is 10.1 Å². The second-order valence-corrected chi connectivity index (χ2v) is 7.80. The van der Waals surface area contributed by atoms with Gasteiger partial charge in [0.05, 0.1) is 33.1 Å². The molecule has 0 atom stereocenters. The molecule has 1 aliphatic rings. The summed E-state index contributed by atoms with van der Waals surface area (Å²) in [6.45, 7) is 1.56. The van der Waals surface area contributed by atoms with E-state index in [2.05, 4.69) is 11.0 Å². The second kappa shape index (κ2) is 9.71. The van der Waals surface area contributed by atoms with Gasteiger partial charge in [-0.1, -0.05) is 29.7 Å². The Morgan fingerprint density at radius 3 is 2.63 bits per heavy atom. The molecule has 0 unspecified atom stereocenters. The third kappa shape index (κ3) is 4.86. The summed E-state index contributed by atoms with van der Waals surface area (Å²) in [6.07, 6.45) is 6.65. The van der Waals surface area contributed by atoms with Gasteiger partial charge >= 0.3 is 11.9 Å². The van der Waals surface area contributed by atoms with E-state index in [4.69, 9.17) is 27.2 Å². The Balaban J connectivity index is 1.54. The molecule has 1 aromatic heterocycles. The molecule has 0 aliphatic carbocycles. The number of esters is 1. The molecule has 1 N–H and O–H groups in total. The smallest absolute Gasteiger partial charge is 0.339 e. The van der Waals surface area contributed by atoms with Crippen LogP contribution in [0.5, 0.6) is 0 Å². The predicted octanol–water partition coefficient (Wildman–Crippen LogP) is 4.89. The molecule has 4 rings (SSSR count). The van der Waals surface area contributed by atoms with Crippen molar-refractivity contribution in [1.29, 1.82) is 0 Å². The Bertz CT molecular complexity index is 1440. The summed E-state index contributed by atoms with van der Waals surface area (Å²) in [5.41, 5.74) is 1.96. The van der Waals surface area contributed by atoms with Crippen LogP contribution >= 0.6 is 11.6 Å². The monoisotopic (exact) mass is 488 g/mol. The Kier molecular flexibility index (Phi) is 6.53. The van der Waals surface area contributed by atoms with E-state index < -0.39 is 17.8 Å². The first-order valence-electron chi connectivity index (χ1n) is 10.2. The molecule has 3 aromatic rings. The lowest BCUT2D eigenvalue weighted by Gasteiger charge is -2.12. The third-order valence-corrected chi connectivity index (χ3v) is 5.42. The number of aromatic carboxylic acids is 1. The molecule has 174 valence electrons. The van der Waals surface area contributed by atoms with E-state index in [1.54, 1.807) is 49.4 Å². The molecule has 0 saturated carbocycles. The first kappa shape index (κ1) is 23.5. The number of anilines is 1. The van der Waals surface area contributed by atoms with Crippen LogP contribution in [-0.2, 0) is 9.53 Å². The molecule has 2 heterocycles. The van der Waals surface area contributed by atoms with Crippen molar-refractivity contribution in [3.8, 4) is 23.7 Å². The van der Waals surface area contributed by atoms with E-state index in [0.717, 1.165) is 10.6 Å². The minimum atomic E-state index is -1.21. The van der Waals surface area contributed by atoms with E-state index in [-0.39, 0.29) is 22.9 Å². The number of ether oxygens (including phenoxy) is 1. The maximum atomic E-state index is 13.0. The quantitative estimate of drug-likeness (QED) is 0.300. The molecule has 0 radical (unpaired) electrons. The van der Waals surface area contributed by atoms with Crippen molar-refractivity contribution in [2.24, 2.45) is 5.10 Å².